The fourth-order valence-corrected chi connectivity index (χ4v) is 2.46. The molecule has 0 amide bonds. The molecule has 1 aromatic carbocycles. The highest BCUT2D eigenvalue weighted by Gasteiger charge is 2.35. The van der Waals surface area contributed by atoms with Crippen LogP contribution in [-0.2, 0) is 4.74 Å². The molecule has 2 heterocycles. The molecule has 1 N–H and O–H groups in total. The molecule has 0 aliphatic carbocycles. The van der Waals surface area contributed by atoms with Crippen molar-refractivity contribution in [3.63, 3.8) is 0 Å². The number of alkyl halides is 3. The lowest BCUT2D eigenvalue weighted by Crippen LogP contribution is -2.43. The van der Waals surface area contributed by atoms with Crippen molar-refractivity contribution < 1.29 is 31.8 Å². The summed E-state index contributed by atoms with van der Waals surface area (Å²) in [5, 5.41) is 3.14. The summed E-state index contributed by atoms with van der Waals surface area (Å²) in [4.78, 5) is 4.22. The molecule has 3 rings (SSSR count). The Morgan fingerprint density at radius 2 is 2.04 bits per heavy atom. The standard InChI is InChI=1S/C16H17F3N2O4/c1-10-9-23-15(21-10)14(13-8-20-6-7-22-13)24-11-4-2-3-5-12(11)25-16(17,18)19/h2-5,9,13-14,20H,6-8H2,1H3/t13-,14?/m0/s1. The highest BCUT2D eigenvalue weighted by atomic mass is 19.4. The first-order chi connectivity index (χ1) is 11.9. The third-order valence-electron chi connectivity index (χ3n) is 3.50. The van der Waals surface area contributed by atoms with Crippen molar-refractivity contribution in [3.8, 4) is 11.5 Å². The maximum Gasteiger partial charge on any atom is 0.573 e. The Balaban J connectivity index is 1.87. The quantitative estimate of drug-likeness (QED) is 0.886. The third-order valence-corrected chi connectivity index (χ3v) is 3.50. The summed E-state index contributed by atoms with van der Waals surface area (Å²) in [6.45, 7) is 3.33. The first kappa shape index (κ1) is 17.6. The van der Waals surface area contributed by atoms with Gasteiger partial charge in [-0.05, 0) is 19.1 Å². The molecule has 9 heteroatoms. The number of rotatable bonds is 5. The van der Waals surface area contributed by atoms with E-state index in [0.29, 0.717) is 25.4 Å². The van der Waals surface area contributed by atoms with E-state index in [2.05, 4.69) is 15.0 Å². The lowest BCUT2D eigenvalue weighted by molar-refractivity contribution is -0.275. The highest BCUT2D eigenvalue weighted by molar-refractivity contribution is 5.40. The average Bonchev–Trinajstić information content (AvgIpc) is 2.99. The summed E-state index contributed by atoms with van der Waals surface area (Å²) >= 11 is 0. The fraction of sp³-hybridized carbons (Fsp3) is 0.438. The van der Waals surface area contributed by atoms with Crippen LogP contribution in [0.15, 0.2) is 34.9 Å². The smallest absolute Gasteiger partial charge is 0.474 e. The van der Waals surface area contributed by atoms with Gasteiger partial charge in [-0.3, -0.25) is 0 Å². The zero-order valence-electron chi connectivity index (χ0n) is 13.4. The van der Waals surface area contributed by atoms with E-state index >= 15 is 0 Å². The van der Waals surface area contributed by atoms with Crippen LogP contribution in [0.3, 0.4) is 0 Å². The first-order valence-corrected chi connectivity index (χ1v) is 7.68. The zero-order chi connectivity index (χ0) is 17.9. The molecule has 6 nitrogen and oxygen atoms in total. The summed E-state index contributed by atoms with van der Waals surface area (Å²) in [5.74, 6) is -0.282. The van der Waals surface area contributed by atoms with Gasteiger partial charge in [0.05, 0.1) is 12.3 Å². The van der Waals surface area contributed by atoms with E-state index in [0.717, 1.165) is 0 Å². The summed E-state index contributed by atoms with van der Waals surface area (Å²) in [5.41, 5.74) is 0.632. The average molecular weight is 358 g/mol. The van der Waals surface area contributed by atoms with E-state index in [1.807, 2.05) is 0 Å². The van der Waals surface area contributed by atoms with Gasteiger partial charge < -0.3 is 23.9 Å². The van der Waals surface area contributed by atoms with Crippen LogP contribution in [0, 0.1) is 6.92 Å². The minimum atomic E-state index is -4.82. The van der Waals surface area contributed by atoms with Crippen LogP contribution in [-0.4, -0.2) is 37.1 Å². The minimum Gasteiger partial charge on any atom is -0.474 e. The number of halogens is 3. The number of aryl methyl sites for hydroxylation is 1. The molecular weight excluding hydrogens is 341 g/mol. The minimum absolute atomic E-state index is 0.0742. The van der Waals surface area contributed by atoms with Gasteiger partial charge in [-0.25, -0.2) is 4.98 Å². The SMILES string of the molecule is Cc1coc(C(Oc2ccccc2OC(F)(F)F)[C@@H]2CNCCO2)n1. The molecule has 25 heavy (non-hydrogen) atoms. The van der Waals surface area contributed by atoms with Gasteiger partial charge in [0.15, 0.2) is 11.5 Å². The molecule has 0 radical (unpaired) electrons. The summed E-state index contributed by atoms with van der Waals surface area (Å²) < 4.78 is 58.7. The topological polar surface area (TPSA) is 65.8 Å². The summed E-state index contributed by atoms with van der Waals surface area (Å²) in [6.07, 6.45) is -4.66. The van der Waals surface area contributed by atoms with Crippen LogP contribution in [0.25, 0.3) is 0 Å². The number of nitrogens with zero attached hydrogens (tertiary/aromatic N) is 1. The normalized spacial score (nSPS) is 19.4. The van der Waals surface area contributed by atoms with Crippen LogP contribution < -0.4 is 14.8 Å². The van der Waals surface area contributed by atoms with Gasteiger partial charge in [-0.2, -0.15) is 0 Å². The molecule has 1 aromatic heterocycles. The molecule has 0 spiro atoms. The molecule has 136 valence electrons. The second-order valence-corrected chi connectivity index (χ2v) is 5.47. The van der Waals surface area contributed by atoms with E-state index in [1.54, 1.807) is 13.0 Å². The third kappa shape index (κ3) is 4.64. The Hall–Kier alpha value is -2.26. The van der Waals surface area contributed by atoms with Crippen molar-refractivity contribution in [1.82, 2.24) is 10.3 Å². The summed E-state index contributed by atoms with van der Waals surface area (Å²) in [7, 11) is 0. The van der Waals surface area contributed by atoms with Gasteiger partial charge in [-0.15, -0.1) is 13.2 Å². The predicted molar refractivity (Wildman–Crippen MR) is 80.3 cm³/mol. The number of aromatic nitrogens is 1. The van der Waals surface area contributed by atoms with E-state index in [4.69, 9.17) is 13.9 Å². The number of oxazole rings is 1. The first-order valence-electron chi connectivity index (χ1n) is 7.68. The van der Waals surface area contributed by atoms with E-state index in [1.165, 1.54) is 24.5 Å². The Kier molecular flexibility index (Phi) is 5.14. The number of benzene rings is 1. The molecule has 1 unspecified atom stereocenters. The van der Waals surface area contributed by atoms with Crippen LogP contribution in [0.5, 0.6) is 11.5 Å². The second-order valence-electron chi connectivity index (χ2n) is 5.47. The maximum absolute atomic E-state index is 12.6. The number of hydrogen-bond donors (Lipinski definition) is 1. The van der Waals surface area contributed by atoms with Gasteiger partial charge in [0.25, 0.3) is 0 Å². The van der Waals surface area contributed by atoms with Gasteiger partial charge in [0, 0.05) is 13.1 Å². The van der Waals surface area contributed by atoms with Gasteiger partial charge in [0.2, 0.25) is 12.0 Å². The molecule has 0 saturated carbocycles. The molecule has 2 atom stereocenters. The summed E-state index contributed by atoms with van der Waals surface area (Å²) in [6, 6.07) is 5.55. The molecular formula is C16H17F3N2O4. The second kappa shape index (κ2) is 7.32. The lowest BCUT2D eigenvalue weighted by Gasteiger charge is -2.30. The van der Waals surface area contributed by atoms with Crippen molar-refractivity contribution in [1.29, 1.82) is 0 Å². The van der Waals surface area contributed by atoms with Crippen molar-refractivity contribution >= 4 is 0 Å². The number of para-hydroxylation sites is 2. The number of morpholine rings is 1. The largest absolute Gasteiger partial charge is 0.573 e. The van der Waals surface area contributed by atoms with Crippen LogP contribution >= 0.6 is 0 Å². The van der Waals surface area contributed by atoms with Crippen molar-refractivity contribution in [3.05, 3.63) is 42.1 Å². The predicted octanol–water partition coefficient (Wildman–Crippen LogP) is 2.99. The molecule has 1 fully saturated rings. The van der Waals surface area contributed by atoms with Crippen LogP contribution in [0.2, 0.25) is 0 Å². The van der Waals surface area contributed by atoms with Gasteiger partial charge in [0.1, 0.15) is 12.4 Å². The van der Waals surface area contributed by atoms with E-state index in [9.17, 15) is 13.2 Å². The Bertz CT molecular complexity index is 699. The molecule has 2 aromatic rings. The number of nitrogens with one attached hydrogen (secondary N) is 1. The van der Waals surface area contributed by atoms with Gasteiger partial charge >= 0.3 is 6.36 Å². The number of hydrogen-bond acceptors (Lipinski definition) is 6. The Morgan fingerprint density at radius 1 is 1.28 bits per heavy atom. The van der Waals surface area contributed by atoms with Crippen molar-refractivity contribution in [2.45, 2.75) is 25.5 Å². The zero-order valence-corrected chi connectivity index (χ0v) is 13.4. The maximum atomic E-state index is 12.6. The fourth-order valence-electron chi connectivity index (χ4n) is 2.46. The van der Waals surface area contributed by atoms with Gasteiger partial charge in [-0.1, -0.05) is 12.1 Å². The Labute approximate surface area is 141 Å². The van der Waals surface area contributed by atoms with Crippen molar-refractivity contribution in [2.24, 2.45) is 0 Å². The molecule has 1 aliphatic rings. The van der Waals surface area contributed by atoms with E-state index in [-0.39, 0.29) is 11.6 Å². The van der Waals surface area contributed by atoms with Crippen LogP contribution in [0.4, 0.5) is 13.2 Å². The van der Waals surface area contributed by atoms with Crippen molar-refractivity contribution in [2.75, 3.05) is 19.7 Å². The lowest BCUT2D eigenvalue weighted by atomic mass is 10.1. The number of ether oxygens (including phenoxy) is 3. The molecule has 1 saturated heterocycles. The Morgan fingerprint density at radius 3 is 2.64 bits per heavy atom. The molecule has 0 bridgehead atoms. The van der Waals surface area contributed by atoms with Crippen LogP contribution in [0.1, 0.15) is 17.7 Å². The van der Waals surface area contributed by atoms with E-state index < -0.39 is 24.3 Å². The molecule has 1 aliphatic heterocycles. The monoisotopic (exact) mass is 358 g/mol. The highest BCUT2D eigenvalue weighted by Crippen LogP contribution is 2.36.